The lowest BCUT2D eigenvalue weighted by Gasteiger charge is -2.29. The zero-order valence-corrected chi connectivity index (χ0v) is 10.9. The van der Waals surface area contributed by atoms with Crippen LogP contribution >= 0.6 is 0 Å². The Hall–Kier alpha value is -1.61. The lowest BCUT2D eigenvalue weighted by atomic mass is 9.99. The lowest BCUT2D eigenvalue weighted by molar-refractivity contribution is 0.0754. The molecule has 0 aliphatic carbocycles. The molecule has 3 heteroatoms. The highest BCUT2D eigenvalue weighted by Crippen LogP contribution is 2.18. The fourth-order valence-electron chi connectivity index (χ4n) is 2.25. The van der Waals surface area contributed by atoms with Crippen molar-refractivity contribution >= 4 is 5.91 Å². The Morgan fingerprint density at radius 1 is 1.44 bits per heavy atom. The third kappa shape index (κ3) is 2.79. The van der Waals surface area contributed by atoms with Crippen LogP contribution in [0.1, 0.15) is 22.8 Å². The zero-order valence-electron chi connectivity index (χ0n) is 10.9. The Labute approximate surface area is 108 Å². The van der Waals surface area contributed by atoms with E-state index < -0.39 is 0 Å². The maximum atomic E-state index is 12.3. The molecular weight excluding hydrogens is 224 g/mol. The zero-order chi connectivity index (χ0) is 13.0. The van der Waals surface area contributed by atoms with Crippen molar-refractivity contribution in [3.63, 3.8) is 0 Å². The van der Waals surface area contributed by atoms with Gasteiger partial charge >= 0.3 is 0 Å². The highest BCUT2D eigenvalue weighted by Gasteiger charge is 2.23. The van der Waals surface area contributed by atoms with Crippen molar-refractivity contribution in [2.75, 3.05) is 26.2 Å². The van der Waals surface area contributed by atoms with Crippen molar-refractivity contribution in [1.82, 2.24) is 10.2 Å². The molecule has 1 aliphatic heterocycles. The second-order valence-corrected chi connectivity index (χ2v) is 4.66. The summed E-state index contributed by atoms with van der Waals surface area (Å²) < 4.78 is 0. The number of nitrogens with zero attached hydrogens (tertiary/aromatic N) is 1. The Balaban J connectivity index is 2.01. The van der Waals surface area contributed by atoms with Gasteiger partial charge in [-0.05, 0) is 30.2 Å². The van der Waals surface area contributed by atoms with E-state index in [9.17, 15) is 4.79 Å². The molecule has 3 nitrogen and oxygen atoms in total. The summed E-state index contributed by atoms with van der Waals surface area (Å²) in [7, 11) is 0. The van der Waals surface area contributed by atoms with Crippen LogP contribution in [0, 0.1) is 0 Å². The van der Waals surface area contributed by atoms with Crippen molar-refractivity contribution in [3.05, 3.63) is 47.5 Å². The van der Waals surface area contributed by atoms with Crippen LogP contribution in [0.25, 0.3) is 0 Å². The van der Waals surface area contributed by atoms with E-state index >= 15 is 0 Å². The van der Waals surface area contributed by atoms with E-state index in [-0.39, 0.29) is 5.91 Å². The summed E-state index contributed by atoms with van der Waals surface area (Å²) in [4.78, 5) is 14.2. The molecular formula is C15H20N2O. The first-order valence-electron chi connectivity index (χ1n) is 6.47. The summed E-state index contributed by atoms with van der Waals surface area (Å²) in [6.45, 7) is 9.24. The monoisotopic (exact) mass is 244 g/mol. The van der Waals surface area contributed by atoms with Crippen molar-refractivity contribution < 1.29 is 4.79 Å². The van der Waals surface area contributed by atoms with E-state index in [0.29, 0.717) is 6.54 Å². The largest absolute Gasteiger partial charge is 0.334 e. The van der Waals surface area contributed by atoms with E-state index in [1.165, 1.54) is 0 Å². The molecule has 96 valence electrons. The molecule has 0 fully saturated rings. The highest BCUT2D eigenvalue weighted by molar-refractivity contribution is 5.96. The fraction of sp³-hybridized carbons (Fsp3) is 0.400. The number of carbonyl (C=O) groups is 1. The minimum atomic E-state index is 0.134. The molecule has 0 atom stereocenters. The number of likely N-dealkylation sites (N-methyl/N-ethyl adjacent to an activating group) is 1. The molecule has 1 aromatic rings. The first-order chi connectivity index (χ1) is 8.72. The average molecular weight is 244 g/mol. The molecule has 0 saturated carbocycles. The van der Waals surface area contributed by atoms with Gasteiger partial charge in [-0.1, -0.05) is 31.7 Å². The Morgan fingerprint density at radius 2 is 2.22 bits per heavy atom. The number of hydrogen-bond donors (Lipinski definition) is 1. The molecule has 0 radical (unpaired) electrons. The predicted molar refractivity (Wildman–Crippen MR) is 73.7 cm³/mol. The first-order valence-corrected chi connectivity index (χ1v) is 6.47. The number of hydrogen-bond acceptors (Lipinski definition) is 2. The van der Waals surface area contributed by atoms with Crippen LogP contribution in [-0.4, -0.2) is 37.0 Å². The van der Waals surface area contributed by atoms with Crippen LogP contribution in [0.3, 0.4) is 0 Å². The Bertz CT molecular complexity index is 454. The number of rotatable bonds is 5. The number of amides is 1. The lowest BCUT2D eigenvalue weighted by Crippen LogP contribution is -2.39. The van der Waals surface area contributed by atoms with Gasteiger partial charge in [-0.15, -0.1) is 0 Å². The van der Waals surface area contributed by atoms with Gasteiger partial charge in [0.25, 0.3) is 5.91 Å². The molecule has 1 N–H and O–H groups in total. The topological polar surface area (TPSA) is 32.3 Å². The van der Waals surface area contributed by atoms with Gasteiger partial charge in [0.15, 0.2) is 0 Å². The number of carbonyl (C=O) groups excluding carboxylic acids is 1. The second kappa shape index (κ2) is 5.83. The van der Waals surface area contributed by atoms with Gasteiger partial charge in [0.05, 0.1) is 0 Å². The maximum absolute atomic E-state index is 12.3. The molecule has 2 rings (SSSR count). The van der Waals surface area contributed by atoms with Gasteiger partial charge in [-0.25, -0.2) is 0 Å². The van der Waals surface area contributed by atoms with Crippen LogP contribution in [-0.2, 0) is 6.42 Å². The van der Waals surface area contributed by atoms with Gasteiger partial charge in [0, 0.05) is 25.2 Å². The van der Waals surface area contributed by atoms with Gasteiger partial charge in [0.2, 0.25) is 0 Å². The van der Waals surface area contributed by atoms with Crippen molar-refractivity contribution in [2.24, 2.45) is 0 Å². The minimum Gasteiger partial charge on any atom is -0.334 e. The van der Waals surface area contributed by atoms with E-state index in [4.69, 9.17) is 0 Å². The van der Waals surface area contributed by atoms with Crippen LogP contribution in [0.5, 0.6) is 0 Å². The molecule has 0 saturated heterocycles. The predicted octanol–water partition coefficient (Wildman–Crippen LogP) is 1.85. The summed E-state index contributed by atoms with van der Waals surface area (Å²) in [5.74, 6) is 0.134. The van der Waals surface area contributed by atoms with Gasteiger partial charge in [-0.3, -0.25) is 4.79 Å². The molecule has 1 aromatic carbocycles. The van der Waals surface area contributed by atoms with E-state index in [1.807, 2.05) is 29.2 Å². The average Bonchev–Trinajstić information content (AvgIpc) is 2.40. The number of benzene rings is 1. The number of fused-ring (bicyclic) bond motifs is 1. The van der Waals surface area contributed by atoms with Crippen LogP contribution < -0.4 is 5.32 Å². The second-order valence-electron chi connectivity index (χ2n) is 4.66. The summed E-state index contributed by atoms with van der Waals surface area (Å²) in [6.07, 6.45) is 0.941. The summed E-state index contributed by atoms with van der Waals surface area (Å²) >= 11 is 0. The molecule has 1 aliphatic rings. The van der Waals surface area contributed by atoms with Crippen molar-refractivity contribution in [1.29, 1.82) is 0 Å². The molecule has 0 aromatic heterocycles. The SMILES string of the molecule is C=C(CNCC)CN1CCc2ccccc2C1=O. The van der Waals surface area contributed by atoms with E-state index in [2.05, 4.69) is 18.8 Å². The molecule has 1 heterocycles. The molecule has 1 amide bonds. The molecule has 0 bridgehead atoms. The van der Waals surface area contributed by atoms with E-state index in [0.717, 1.165) is 42.8 Å². The Morgan fingerprint density at radius 3 is 3.00 bits per heavy atom. The van der Waals surface area contributed by atoms with Crippen LogP contribution in [0.4, 0.5) is 0 Å². The van der Waals surface area contributed by atoms with Crippen molar-refractivity contribution in [2.45, 2.75) is 13.3 Å². The Kier molecular flexibility index (Phi) is 4.15. The smallest absolute Gasteiger partial charge is 0.254 e. The maximum Gasteiger partial charge on any atom is 0.254 e. The van der Waals surface area contributed by atoms with E-state index in [1.54, 1.807) is 0 Å². The summed E-state index contributed by atoms with van der Waals surface area (Å²) in [5.41, 5.74) is 3.07. The summed E-state index contributed by atoms with van der Waals surface area (Å²) in [5, 5.41) is 3.23. The molecule has 0 unspecified atom stereocenters. The van der Waals surface area contributed by atoms with Crippen LogP contribution in [0.15, 0.2) is 36.4 Å². The fourth-order valence-corrected chi connectivity index (χ4v) is 2.25. The quantitative estimate of drug-likeness (QED) is 0.802. The van der Waals surface area contributed by atoms with Crippen molar-refractivity contribution in [3.8, 4) is 0 Å². The van der Waals surface area contributed by atoms with Gasteiger partial charge < -0.3 is 10.2 Å². The highest BCUT2D eigenvalue weighted by atomic mass is 16.2. The molecule has 18 heavy (non-hydrogen) atoms. The number of nitrogens with one attached hydrogen (secondary N) is 1. The first kappa shape index (κ1) is 12.8. The van der Waals surface area contributed by atoms with Gasteiger partial charge in [0.1, 0.15) is 0 Å². The standard InChI is InChI=1S/C15H20N2O/c1-3-16-10-12(2)11-17-9-8-13-6-4-5-7-14(13)15(17)18/h4-7,16H,2-3,8-11H2,1H3. The van der Waals surface area contributed by atoms with Gasteiger partial charge in [-0.2, -0.15) is 0 Å². The normalized spacial score (nSPS) is 14.5. The minimum absolute atomic E-state index is 0.134. The third-order valence-corrected chi connectivity index (χ3v) is 3.23. The van der Waals surface area contributed by atoms with Crippen LogP contribution in [0.2, 0.25) is 0 Å². The molecule has 0 spiro atoms. The summed E-state index contributed by atoms with van der Waals surface area (Å²) in [6, 6.07) is 7.87. The third-order valence-electron chi connectivity index (χ3n) is 3.23.